The summed E-state index contributed by atoms with van der Waals surface area (Å²) >= 11 is 0. The number of hydrogen-bond donors (Lipinski definition) is 0. The van der Waals surface area contributed by atoms with Gasteiger partial charge in [-0.3, -0.25) is 0 Å². The molecule has 0 aliphatic heterocycles. The Morgan fingerprint density at radius 1 is 0.146 bits per heavy atom. The van der Waals surface area contributed by atoms with E-state index in [-0.39, 0.29) is 10.8 Å². The van der Waals surface area contributed by atoms with Crippen LogP contribution in [-0.4, -0.2) is 0 Å². The fourth-order valence-corrected chi connectivity index (χ4v) is 24.1. The van der Waals surface area contributed by atoms with Crippen molar-refractivity contribution in [2.75, 3.05) is 0 Å². The highest BCUT2D eigenvalue weighted by Crippen LogP contribution is 2.63. The van der Waals surface area contributed by atoms with Crippen LogP contribution in [0.1, 0.15) is 230 Å². The molecule has 130 heavy (non-hydrogen) atoms. The number of fused-ring (bicyclic) bond motifs is 12. The van der Waals surface area contributed by atoms with Gasteiger partial charge in [-0.05, 0) is 247 Å². The van der Waals surface area contributed by atoms with Gasteiger partial charge in [0.2, 0.25) is 0 Å². The number of benzene rings is 18. The quantitative estimate of drug-likeness (QED) is 0.0206. The van der Waals surface area contributed by atoms with Crippen LogP contribution in [0.3, 0.4) is 0 Å². The monoisotopic (exact) mass is 1690 g/mol. The van der Waals surface area contributed by atoms with Crippen molar-refractivity contribution in [1.82, 2.24) is 0 Å². The summed E-state index contributed by atoms with van der Waals surface area (Å²) in [5.74, 6) is 0. The number of hydrogen-bond acceptors (Lipinski definition) is 0. The number of rotatable bonds is 38. The SMILES string of the molecule is CCCCCCCCC1(CCCCCCCC)c2ccccc2-c2cc(-c3ccc(-c4c(-c5ccccc5)c(-c5ccccc5)c(-c5ccc(-c6ccc7c(c6)-c6ccccc6C7(CCCCCCCC)CCCCCCCC)cc5)c5c6cccc7c8c(-c9ccccc9)c(-c9ccccc9)c(-c9ccccc9)c(-c9ccccc9)c8c8cccc(c45)c8c76)cc3)ccc21. The van der Waals surface area contributed by atoms with Gasteiger partial charge in [-0.25, -0.2) is 0 Å². The van der Waals surface area contributed by atoms with Crippen LogP contribution in [0.15, 0.2) is 352 Å². The van der Waals surface area contributed by atoms with Crippen molar-refractivity contribution in [2.45, 2.75) is 218 Å². The van der Waals surface area contributed by atoms with Gasteiger partial charge in [0.15, 0.2) is 0 Å². The van der Waals surface area contributed by atoms with Crippen LogP contribution in [-0.2, 0) is 10.8 Å². The van der Waals surface area contributed by atoms with E-state index < -0.39 is 0 Å². The molecule has 2 aliphatic rings. The lowest BCUT2D eigenvalue weighted by Crippen LogP contribution is -2.25. The molecule has 0 nitrogen and oxygen atoms in total. The Labute approximate surface area is 774 Å². The molecule has 0 heteroatoms. The zero-order valence-electron chi connectivity index (χ0n) is 77.3. The molecule has 0 atom stereocenters. The Kier molecular flexibility index (Phi) is 25.7. The molecule has 0 bridgehead atoms. The minimum atomic E-state index is 0.00501. The second kappa shape index (κ2) is 39.1. The lowest BCUT2D eigenvalue weighted by Gasteiger charge is -2.33. The lowest BCUT2D eigenvalue weighted by atomic mass is 9.70. The van der Waals surface area contributed by atoms with Gasteiger partial charge in [0.25, 0.3) is 0 Å². The van der Waals surface area contributed by atoms with Crippen molar-refractivity contribution in [3.63, 3.8) is 0 Å². The standard InChI is InChI=1S/C130H126/c1-5-9-13-17-21-47-85-129(86-48-22-18-14-10-6-2)111-71-45-43-65-103(111)109-89-101(81-83-113(109)129)91-73-77-99(78-74-91)121-117(95-57-35-27-36-58-95)118(96-59-37-28-38-60-96)122(100-79-75-92(76-80-100)102-82-84-114-110(90-102)104-66-44-46-72-112(104)130(114,87-49-23-19-15-11-7-3)88-50-24-20-16-12-8-4)128-108-70-52-68-106-124(108)123-105(67-51-69-107(123)127(121)128)125-119(97-61-39-29-40-62-97)115(93-53-31-25-32-54-93)116(94-55-33-26-34-56-94)120(126(106)125)98-63-41-30-42-64-98/h25-46,51-84,89-90H,5-24,47-50,85-88H2,1-4H3. The fourth-order valence-electron chi connectivity index (χ4n) is 24.1. The summed E-state index contributed by atoms with van der Waals surface area (Å²) in [7, 11) is 0. The Morgan fingerprint density at radius 2 is 0.354 bits per heavy atom. The maximum absolute atomic E-state index is 2.59. The zero-order chi connectivity index (χ0) is 87.8. The molecule has 0 spiro atoms. The Balaban J connectivity index is 0.849. The first kappa shape index (κ1) is 85.6. The average molecular weight is 1690 g/mol. The molecule has 2 aliphatic carbocycles. The summed E-state index contributed by atoms with van der Waals surface area (Å²) in [5, 5.41) is 12.6. The van der Waals surface area contributed by atoms with Gasteiger partial charge < -0.3 is 0 Å². The van der Waals surface area contributed by atoms with Crippen LogP contribution in [0, 0.1) is 0 Å². The van der Waals surface area contributed by atoms with Crippen LogP contribution in [0.4, 0.5) is 0 Å². The highest BCUT2D eigenvalue weighted by molar-refractivity contribution is 6.46. The predicted octanol–water partition coefficient (Wildman–Crippen LogP) is 39.1. The lowest BCUT2D eigenvalue weighted by molar-refractivity contribution is 0.398. The third kappa shape index (κ3) is 16.0. The summed E-state index contributed by atoms with van der Waals surface area (Å²) < 4.78 is 0. The van der Waals surface area contributed by atoms with Crippen molar-refractivity contribution in [3.05, 3.63) is 374 Å². The van der Waals surface area contributed by atoms with E-state index in [4.69, 9.17) is 0 Å². The van der Waals surface area contributed by atoms with Crippen LogP contribution >= 0.6 is 0 Å². The van der Waals surface area contributed by atoms with Gasteiger partial charge in [0.1, 0.15) is 0 Å². The molecule has 0 aromatic heterocycles. The molecule has 0 radical (unpaired) electrons. The summed E-state index contributed by atoms with van der Waals surface area (Å²) in [4.78, 5) is 0. The maximum Gasteiger partial charge on any atom is 0.0215 e. The highest BCUT2D eigenvalue weighted by atomic mass is 14.5. The molecule has 0 N–H and O–H groups in total. The average Bonchev–Trinajstić information content (AvgIpc) is 1.03. The van der Waals surface area contributed by atoms with E-state index in [1.54, 1.807) is 22.3 Å². The van der Waals surface area contributed by atoms with Gasteiger partial charge in [0, 0.05) is 10.8 Å². The van der Waals surface area contributed by atoms with Gasteiger partial charge in [-0.2, -0.15) is 0 Å². The summed E-state index contributed by atoms with van der Waals surface area (Å²) in [6.07, 6.45) is 36.1. The summed E-state index contributed by atoms with van der Waals surface area (Å²) in [6, 6.07) is 138. The second-order valence-electron chi connectivity index (χ2n) is 38.2. The highest BCUT2D eigenvalue weighted by Gasteiger charge is 2.44. The predicted molar refractivity (Wildman–Crippen MR) is 564 cm³/mol. The van der Waals surface area contributed by atoms with E-state index in [2.05, 4.69) is 380 Å². The van der Waals surface area contributed by atoms with Crippen LogP contribution in [0.2, 0.25) is 0 Å². The van der Waals surface area contributed by atoms with E-state index in [9.17, 15) is 0 Å². The van der Waals surface area contributed by atoms with E-state index >= 15 is 0 Å². The molecule has 0 saturated carbocycles. The van der Waals surface area contributed by atoms with Crippen molar-refractivity contribution >= 4 is 53.9 Å². The Bertz CT molecular complexity index is 6500. The molecule has 0 saturated heterocycles. The molecular formula is C130H126. The normalized spacial score (nSPS) is 13.0. The molecule has 20 rings (SSSR count). The van der Waals surface area contributed by atoms with Gasteiger partial charge >= 0.3 is 0 Å². The topological polar surface area (TPSA) is 0 Å². The number of unbranched alkanes of at least 4 members (excludes halogenated alkanes) is 20. The fraction of sp³-hybridized carbons (Fsp3) is 0.262. The molecule has 0 fully saturated rings. The van der Waals surface area contributed by atoms with Crippen molar-refractivity contribution < 1.29 is 0 Å². The van der Waals surface area contributed by atoms with Gasteiger partial charge in [-0.1, -0.05) is 522 Å². The van der Waals surface area contributed by atoms with Crippen molar-refractivity contribution in [2.24, 2.45) is 0 Å². The first-order chi connectivity index (χ1) is 64.4. The molecule has 0 heterocycles. The van der Waals surface area contributed by atoms with E-state index in [1.807, 2.05) is 0 Å². The Morgan fingerprint density at radius 3 is 0.623 bits per heavy atom. The minimum absolute atomic E-state index is 0.00501. The van der Waals surface area contributed by atoms with Gasteiger partial charge in [-0.15, -0.1) is 0 Å². The van der Waals surface area contributed by atoms with Crippen LogP contribution in [0.25, 0.3) is 187 Å². The molecule has 18 aromatic carbocycles. The minimum Gasteiger partial charge on any atom is -0.0654 e. The third-order valence-electron chi connectivity index (χ3n) is 30.2. The third-order valence-corrected chi connectivity index (χ3v) is 30.2. The van der Waals surface area contributed by atoms with E-state index in [1.165, 1.54) is 367 Å². The summed E-state index contributed by atoms with van der Waals surface area (Å²) in [5.41, 5.74) is 36.2. The molecule has 18 aromatic rings. The van der Waals surface area contributed by atoms with Crippen LogP contribution < -0.4 is 0 Å². The molecule has 646 valence electrons. The molecule has 0 amide bonds. The molecule has 0 unspecified atom stereocenters. The van der Waals surface area contributed by atoms with Crippen molar-refractivity contribution in [3.8, 4) is 134 Å². The van der Waals surface area contributed by atoms with Crippen LogP contribution in [0.5, 0.6) is 0 Å². The van der Waals surface area contributed by atoms with Crippen molar-refractivity contribution in [1.29, 1.82) is 0 Å². The summed E-state index contributed by atoms with van der Waals surface area (Å²) in [6.45, 7) is 9.36. The van der Waals surface area contributed by atoms with Gasteiger partial charge in [0.05, 0.1) is 0 Å². The Hall–Kier alpha value is -12.5. The first-order valence-electron chi connectivity index (χ1n) is 50.2. The first-order valence-corrected chi connectivity index (χ1v) is 50.2. The van der Waals surface area contributed by atoms with E-state index in [0.29, 0.717) is 0 Å². The molecular weight excluding hydrogens is 1560 g/mol. The maximum atomic E-state index is 2.59. The zero-order valence-corrected chi connectivity index (χ0v) is 77.3. The van der Waals surface area contributed by atoms with E-state index in [0.717, 1.165) is 0 Å². The smallest absolute Gasteiger partial charge is 0.0215 e. The largest absolute Gasteiger partial charge is 0.0654 e. The second-order valence-corrected chi connectivity index (χ2v) is 38.2.